The second-order valence-corrected chi connectivity index (χ2v) is 9.54. The second-order valence-electron chi connectivity index (χ2n) is 6.51. The number of hydrogen-bond acceptors (Lipinski definition) is 8. The number of aromatic nitrogens is 3. The molecule has 158 valence electrons. The number of nitrogens with one attached hydrogen (secondary N) is 1. The maximum Gasteiger partial charge on any atom is 0.346 e. The topological polar surface area (TPSA) is 123 Å². The van der Waals surface area contributed by atoms with E-state index in [1.807, 2.05) is 13.8 Å². The van der Waals surface area contributed by atoms with E-state index in [1.165, 1.54) is 24.1 Å². The van der Waals surface area contributed by atoms with Crippen LogP contribution in [0.4, 0.5) is 10.5 Å². The first kappa shape index (κ1) is 22.7. The number of amides is 1. The minimum Gasteiger partial charge on any atom is -0.465 e. The summed E-state index contributed by atoms with van der Waals surface area (Å²) in [6.45, 7) is 3.74. The van der Waals surface area contributed by atoms with E-state index in [9.17, 15) is 18.0 Å². The second kappa shape index (κ2) is 9.27. The average Bonchev–Trinajstić information content (AvgIpc) is 3.10. The SMILES string of the molecule is COC(=O)c1ccccc1NS(=O)(=O)CSc1nc(C(C)C)nn1C(=O)N(C)C. The molecule has 1 heterocycles. The van der Waals surface area contributed by atoms with E-state index in [2.05, 4.69) is 19.5 Å². The maximum atomic E-state index is 12.6. The molecule has 0 fully saturated rings. The van der Waals surface area contributed by atoms with Gasteiger partial charge < -0.3 is 9.64 Å². The molecule has 0 atom stereocenters. The van der Waals surface area contributed by atoms with E-state index < -0.39 is 27.1 Å². The highest BCUT2D eigenvalue weighted by Crippen LogP contribution is 2.23. The monoisotopic (exact) mass is 441 g/mol. The van der Waals surface area contributed by atoms with Crippen molar-refractivity contribution < 1.29 is 22.7 Å². The number of esters is 1. The van der Waals surface area contributed by atoms with Crippen LogP contribution in [0.1, 0.15) is 35.9 Å². The molecule has 0 saturated carbocycles. The van der Waals surface area contributed by atoms with Gasteiger partial charge in [-0.2, -0.15) is 4.68 Å². The molecule has 1 N–H and O–H groups in total. The molecule has 10 nitrogen and oxygen atoms in total. The number of benzene rings is 1. The van der Waals surface area contributed by atoms with Crippen LogP contribution in [-0.2, 0) is 14.8 Å². The lowest BCUT2D eigenvalue weighted by Crippen LogP contribution is -2.29. The molecule has 12 heteroatoms. The zero-order valence-corrected chi connectivity index (χ0v) is 18.4. The van der Waals surface area contributed by atoms with E-state index in [4.69, 9.17) is 0 Å². The molecule has 1 amide bonds. The minimum absolute atomic E-state index is 0.0350. The number of thioether (sulfide) groups is 1. The molecule has 0 spiro atoms. The average molecular weight is 442 g/mol. The van der Waals surface area contributed by atoms with Crippen molar-refractivity contribution in [2.75, 3.05) is 31.0 Å². The quantitative estimate of drug-likeness (QED) is 0.512. The van der Waals surface area contributed by atoms with Crippen LogP contribution in [0, 0.1) is 0 Å². The standard InChI is InChI=1S/C17H23N5O5S2/c1-11(2)14-18-16(22(19-14)17(24)21(3)4)28-10-29(25,26)20-13-9-7-6-8-12(13)15(23)27-5/h6-9,11,20H,10H2,1-5H3. The van der Waals surface area contributed by atoms with Gasteiger partial charge in [-0.1, -0.05) is 37.7 Å². The van der Waals surface area contributed by atoms with Crippen LogP contribution in [0.2, 0.25) is 0 Å². The molecule has 0 bridgehead atoms. The molecule has 0 saturated heterocycles. The Morgan fingerprint density at radius 1 is 1.28 bits per heavy atom. The number of hydrogen-bond donors (Lipinski definition) is 1. The highest BCUT2D eigenvalue weighted by atomic mass is 32.3. The van der Waals surface area contributed by atoms with E-state index in [1.54, 1.807) is 26.2 Å². The van der Waals surface area contributed by atoms with Gasteiger partial charge in [0, 0.05) is 20.0 Å². The fraction of sp³-hybridized carbons (Fsp3) is 0.412. The Labute approximate surface area is 173 Å². The molecule has 0 unspecified atom stereocenters. The molecule has 0 aliphatic rings. The summed E-state index contributed by atoms with van der Waals surface area (Å²) in [5, 5.41) is 3.92. The van der Waals surface area contributed by atoms with Gasteiger partial charge in [0.25, 0.3) is 0 Å². The number of carbonyl (C=O) groups excluding carboxylic acids is 2. The van der Waals surface area contributed by atoms with E-state index in [-0.39, 0.29) is 22.3 Å². The van der Waals surface area contributed by atoms with Crippen LogP contribution < -0.4 is 4.72 Å². The third-order valence-electron chi connectivity index (χ3n) is 3.62. The summed E-state index contributed by atoms with van der Waals surface area (Å²) in [7, 11) is 0.471. The Balaban J connectivity index is 2.23. The number of para-hydroxylation sites is 1. The summed E-state index contributed by atoms with van der Waals surface area (Å²) in [4.78, 5) is 29.8. The van der Waals surface area contributed by atoms with E-state index in [0.717, 1.165) is 16.4 Å². The predicted octanol–water partition coefficient (Wildman–Crippen LogP) is 2.21. The van der Waals surface area contributed by atoms with Crippen LogP contribution >= 0.6 is 11.8 Å². The third kappa shape index (κ3) is 5.70. The first-order chi connectivity index (χ1) is 13.6. The summed E-state index contributed by atoms with van der Waals surface area (Å²) in [6.07, 6.45) is 0. The number of methoxy groups -OCH3 is 1. The third-order valence-corrected chi connectivity index (χ3v) is 6.38. The molecule has 2 aromatic rings. The van der Waals surface area contributed by atoms with Crippen LogP contribution in [0.3, 0.4) is 0 Å². The predicted molar refractivity (Wildman–Crippen MR) is 110 cm³/mol. The summed E-state index contributed by atoms with van der Waals surface area (Å²) < 4.78 is 33.2. The van der Waals surface area contributed by atoms with Gasteiger partial charge in [0.1, 0.15) is 5.08 Å². The molecule has 1 aromatic heterocycles. The molecule has 2 rings (SSSR count). The summed E-state index contributed by atoms with van der Waals surface area (Å²) >= 11 is 0.852. The zero-order valence-electron chi connectivity index (χ0n) is 16.7. The Hall–Kier alpha value is -2.60. The maximum absolute atomic E-state index is 12.6. The zero-order chi connectivity index (χ0) is 21.8. The van der Waals surface area contributed by atoms with Gasteiger partial charge in [0.2, 0.25) is 10.0 Å². The largest absolute Gasteiger partial charge is 0.465 e. The Kier molecular flexibility index (Phi) is 7.25. The van der Waals surface area contributed by atoms with Crippen molar-refractivity contribution in [1.29, 1.82) is 0 Å². The number of anilines is 1. The molecule has 0 aliphatic carbocycles. The molecular formula is C17H23N5O5S2. The van der Waals surface area contributed by atoms with Gasteiger partial charge in [0.05, 0.1) is 18.4 Å². The number of rotatable bonds is 7. The van der Waals surface area contributed by atoms with Gasteiger partial charge in [-0.15, -0.1) is 5.10 Å². The molecule has 29 heavy (non-hydrogen) atoms. The van der Waals surface area contributed by atoms with Gasteiger partial charge in [-0.3, -0.25) is 4.72 Å². The van der Waals surface area contributed by atoms with Crippen molar-refractivity contribution in [2.45, 2.75) is 24.9 Å². The van der Waals surface area contributed by atoms with Crippen LogP contribution in [0.25, 0.3) is 0 Å². The number of sulfonamides is 1. The van der Waals surface area contributed by atoms with Gasteiger partial charge in [-0.25, -0.2) is 23.0 Å². The van der Waals surface area contributed by atoms with E-state index >= 15 is 0 Å². The first-order valence-electron chi connectivity index (χ1n) is 8.55. The van der Waals surface area contributed by atoms with E-state index in [0.29, 0.717) is 5.82 Å². The van der Waals surface area contributed by atoms with Crippen molar-refractivity contribution >= 4 is 39.5 Å². The fourth-order valence-electron chi connectivity index (χ4n) is 2.15. The van der Waals surface area contributed by atoms with Crippen LogP contribution in [-0.4, -0.2) is 66.4 Å². The Morgan fingerprint density at radius 2 is 1.93 bits per heavy atom. The molecule has 1 aromatic carbocycles. The van der Waals surface area contributed by atoms with Gasteiger partial charge in [0.15, 0.2) is 11.0 Å². The molecule has 0 radical (unpaired) electrons. The van der Waals surface area contributed by atoms with Crippen molar-refractivity contribution in [3.05, 3.63) is 35.7 Å². The number of carbonyl (C=O) groups is 2. The van der Waals surface area contributed by atoms with Crippen molar-refractivity contribution in [2.24, 2.45) is 0 Å². The lowest BCUT2D eigenvalue weighted by atomic mass is 10.2. The van der Waals surface area contributed by atoms with Crippen molar-refractivity contribution in [3.8, 4) is 0 Å². The molecular weight excluding hydrogens is 418 g/mol. The highest BCUT2D eigenvalue weighted by Gasteiger charge is 2.23. The summed E-state index contributed by atoms with van der Waals surface area (Å²) in [5.41, 5.74) is 0.199. The first-order valence-corrected chi connectivity index (χ1v) is 11.2. The van der Waals surface area contributed by atoms with Crippen LogP contribution in [0.15, 0.2) is 29.4 Å². The highest BCUT2D eigenvalue weighted by molar-refractivity contribution is 8.12. The van der Waals surface area contributed by atoms with Crippen molar-refractivity contribution in [1.82, 2.24) is 19.7 Å². The fourth-order valence-corrected chi connectivity index (χ4v) is 4.34. The lowest BCUT2D eigenvalue weighted by Gasteiger charge is -2.12. The minimum atomic E-state index is -3.87. The Bertz CT molecular complexity index is 1000. The Morgan fingerprint density at radius 3 is 2.52 bits per heavy atom. The summed E-state index contributed by atoms with van der Waals surface area (Å²) in [5.74, 6) is -0.259. The van der Waals surface area contributed by atoms with Gasteiger partial charge >= 0.3 is 12.0 Å². The smallest absolute Gasteiger partial charge is 0.346 e. The van der Waals surface area contributed by atoms with Crippen molar-refractivity contribution in [3.63, 3.8) is 0 Å². The summed E-state index contributed by atoms with van der Waals surface area (Å²) in [6, 6.07) is 5.68. The number of nitrogens with zero attached hydrogens (tertiary/aromatic N) is 4. The molecule has 0 aliphatic heterocycles. The normalized spacial score (nSPS) is 11.4. The van der Waals surface area contributed by atoms with Gasteiger partial charge in [-0.05, 0) is 12.1 Å². The lowest BCUT2D eigenvalue weighted by molar-refractivity contribution is 0.0602. The van der Waals surface area contributed by atoms with Crippen LogP contribution in [0.5, 0.6) is 0 Å². The number of ether oxygens (including phenoxy) is 1.